The van der Waals surface area contributed by atoms with Gasteiger partial charge in [-0.3, -0.25) is 4.99 Å². The highest BCUT2D eigenvalue weighted by atomic mass is 127. The van der Waals surface area contributed by atoms with Crippen LogP contribution in [0.5, 0.6) is 0 Å². The summed E-state index contributed by atoms with van der Waals surface area (Å²) in [7, 11) is 1.81. The van der Waals surface area contributed by atoms with Crippen LogP contribution in [0.25, 0.3) is 0 Å². The van der Waals surface area contributed by atoms with Gasteiger partial charge >= 0.3 is 0 Å². The molecule has 0 atom stereocenters. The normalized spacial score (nSPS) is 16.6. The molecular weight excluding hydrogens is 492 g/mol. The second-order valence-corrected chi connectivity index (χ2v) is 7.37. The number of benzene rings is 2. The quantitative estimate of drug-likeness (QED) is 0.288. The first-order valence-electron chi connectivity index (χ1n) is 10.2. The lowest BCUT2D eigenvalue weighted by molar-refractivity contribution is 0.370. The predicted molar refractivity (Wildman–Crippen MR) is 134 cm³/mol. The second kappa shape index (κ2) is 10.7. The van der Waals surface area contributed by atoms with Crippen molar-refractivity contribution in [3.05, 3.63) is 72.1 Å². The molecule has 1 N–H and O–H groups in total. The molecular formula is C23H29FIN5. The SMILES string of the molecule is CN=C(NCc1ccc(N2CC=CC2)cc1)N1CCN(c2ccccc2F)CC1.I. The van der Waals surface area contributed by atoms with Crippen molar-refractivity contribution in [2.24, 2.45) is 4.99 Å². The van der Waals surface area contributed by atoms with E-state index < -0.39 is 0 Å². The molecule has 0 unspecified atom stereocenters. The zero-order chi connectivity index (χ0) is 20.1. The first kappa shape index (κ1) is 22.4. The molecule has 0 spiro atoms. The Balaban J connectivity index is 0.00000256. The van der Waals surface area contributed by atoms with E-state index in [4.69, 9.17) is 0 Å². The Morgan fingerprint density at radius 3 is 2.23 bits per heavy atom. The van der Waals surface area contributed by atoms with E-state index in [9.17, 15) is 4.39 Å². The van der Waals surface area contributed by atoms with Crippen LogP contribution in [-0.4, -0.2) is 57.2 Å². The number of guanidine groups is 1. The molecule has 2 aromatic carbocycles. The molecule has 2 heterocycles. The van der Waals surface area contributed by atoms with Gasteiger partial charge in [-0.05, 0) is 29.8 Å². The number of piperazine rings is 1. The third-order valence-corrected chi connectivity index (χ3v) is 5.55. The molecule has 2 aliphatic heterocycles. The summed E-state index contributed by atoms with van der Waals surface area (Å²) in [5.41, 5.74) is 3.17. The maximum Gasteiger partial charge on any atom is 0.194 e. The van der Waals surface area contributed by atoms with E-state index in [-0.39, 0.29) is 29.8 Å². The molecule has 0 aliphatic carbocycles. The van der Waals surface area contributed by atoms with E-state index in [2.05, 4.69) is 61.4 Å². The number of rotatable bonds is 4. The standard InChI is InChI=1S/C23H28FN5.HI/c1-25-23(26-18-19-8-10-20(11-9-19)27-12-4-5-13-27)29-16-14-28(15-17-29)22-7-3-2-6-21(22)24;/h2-11H,12-18H2,1H3,(H,25,26);1H. The average molecular weight is 521 g/mol. The van der Waals surface area contributed by atoms with Crippen molar-refractivity contribution in [3.8, 4) is 0 Å². The fraction of sp³-hybridized carbons (Fsp3) is 0.348. The number of nitrogens with zero attached hydrogens (tertiary/aromatic N) is 4. The molecule has 5 nitrogen and oxygen atoms in total. The lowest BCUT2D eigenvalue weighted by Crippen LogP contribution is -2.52. The van der Waals surface area contributed by atoms with Gasteiger partial charge in [0.1, 0.15) is 5.82 Å². The van der Waals surface area contributed by atoms with Crippen LogP contribution in [0.1, 0.15) is 5.56 Å². The molecule has 0 radical (unpaired) electrons. The highest BCUT2D eigenvalue weighted by Crippen LogP contribution is 2.20. The number of aliphatic imine (C=N–C) groups is 1. The minimum Gasteiger partial charge on any atom is -0.366 e. The molecule has 2 aliphatic rings. The van der Waals surface area contributed by atoms with Gasteiger partial charge in [-0.15, -0.1) is 24.0 Å². The van der Waals surface area contributed by atoms with E-state index in [0.717, 1.165) is 51.8 Å². The van der Waals surface area contributed by atoms with Crippen LogP contribution in [0.15, 0.2) is 65.7 Å². The Morgan fingerprint density at radius 1 is 0.933 bits per heavy atom. The fourth-order valence-corrected chi connectivity index (χ4v) is 3.89. The van der Waals surface area contributed by atoms with Crippen LogP contribution in [0, 0.1) is 5.82 Å². The molecule has 2 aromatic rings. The van der Waals surface area contributed by atoms with Gasteiger partial charge in [0.2, 0.25) is 0 Å². The van der Waals surface area contributed by atoms with Crippen molar-refractivity contribution in [3.63, 3.8) is 0 Å². The van der Waals surface area contributed by atoms with Gasteiger partial charge in [0.05, 0.1) is 5.69 Å². The predicted octanol–water partition coefficient (Wildman–Crippen LogP) is 3.72. The zero-order valence-corrected chi connectivity index (χ0v) is 19.6. The third-order valence-electron chi connectivity index (χ3n) is 5.55. The highest BCUT2D eigenvalue weighted by molar-refractivity contribution is 14.0. The van der Waals surface area contributed by atoms with E-state index in [1.165, 1.54) is 17.3 Å². The summed E-state index contributed by atoms with van der Waals surface area (Å²) >= 11 is 0. The molecule has 0 bridgehead atoms. The molecule has 160 valence electrons. The average Bonchev–Trinajstić information content (AvgIpc) is 3.30. The van der Waals surface area contributed by atoms with Gasteiger partial charge in [0.15, 0.2) is 5.96 Å². The van der Waals surface area contributed by atoms with Crippen LogP contribution in [0.2, 0.25) is 0 Å². The third kappa shape index (κ3) is 5.24. The molecule has 0 amide bonds. The van der Waals surface area contributed by atoms with Crippen LogP contribution in [0.3, 0.4) is 0 Å². The molecule has 0 saturated carbocycles. The van der Waals surface area contributed by atoms with Crippen LogP contribution in [0.4, 0.5) is 15.8 Å². The summed E-state index contributed by atoms with van der Waals surface area (Å²) in [6, 6.07) is 15.7. The summed E-state index contributed by atoms with van der Waals surface area (Å²) in [6.45, 7) is 5.90. The number of para-hydroxylation sites is 1. The van der Waals surface area contributed by atoms with E-state index >= 15 is 0 Å². The maximum atomic E-state index is 14.0. The Labute approximate surface area is 195 Å². The van der Waals surface area contributed by atoms with Gasteiger partial charge in [-0.2, -0.15) is 0 Å². The largest absolute Gasteiger partial charge is 0.366 e. The summed E-state index contributed by atoms with van der Waals surface area (Å²) in [5.74, 6) is 0.739. The Kier molecular flexibility index (Phi) is 7.95. The monoisotopic (exact) mass is 521 g/mol. The van der Waals surface area contributed by atoms with E-state index in [0.29, 0.717) is 5.69 Å². The number of hydrogen-bond acceptors (Lipinski definition) is 3. The van der Waals surface area contributed by atoms with Gasteiger partial charge in [-0.25, -0.2) is 4.39 Å². The van der Waals surface area contributed by atoms with Crippen molar-refractivity contribution in [2.45, 2.75) is 6.54 Å². The van der Waals surface area contributed by atoms with Crippen molar-refractivity contribution >= 4 is 41.3 Å². The summed E-state index contributed by atoms with van der Waals surface area (Å²) < 4.78 is 14.0. The molecule has 1 saturated heterocycles. The first-order chi connectivity index (χ1) is 14.2. The van der Waals surface area contributed by atoms with Crippen molar-refractivity contribution in [1.29, 1.82) is 0 Å². The highest BCUT2D eigenvalue weighted by Gasteiger charge is 2.21. The minimum atomic E-state index is -0.156. The van der Waals surface area contributed by atoms with Gasteiger partial charge in [0, 0.05) is 58.5 Å². The smallest absolute Gasteiger partial charge is 0.194 e. The Hall–Kier alpha value is -2.29. The van der Waals surface area contributed by atoms with Crippen molar-refractivity contribution in [2.75, 3.05) is 56.1 Å². The van der Waals surface area contributed by atoms with Crippen molar-refractivity contribution < 1.29 is 4.39 Å². The van der Waals surface area contributed by atoms with Gasteiger partial charge < -0.3 is 20.0 Å². The first-order valence-corrected chi connectivity index (χ1v) is 10.2. The lowest BCUT2D eigenvalue weighted by atomic mass is 10.2. The summed E-state index contributed by atoms with van der Waals surface area (Å²) in [5, 5.41) is 3.47. The van der Waals surface area contributed by atoms with Gasteiger partial charge in [0.25, 0.3) is 0 Å². The molecule has 30 heavy (non-hydrogen) atoms. The fourth-order valence-electron chi connectivity index (χ4n) is 3.89. The van der Waals surface area contributed by atoms with Crippen molar-refractivity contribution in [1.82, 2.24) is 10.2 Å². The number of anilines is 2. The Morgan fingerprint density at radius 2 is 1.60 bits per heavy atom. The van der Waals surface area contributed by atoms with Gasteiger partial charge in [-0.1, -0.05) is 36.4 Å². The zero-order valence-electron chi connectivity index (χ0n) is 17.3. The van der Waals surface area contributed by atoms with E-state index in [1.54, 1.807) is 6.07 Å². The summed E-state index contributed by atoms with van der Waals surface area (Å²) in [4.78, 5) is 11.1. The van der Waals surface area contributed by atoms with E-state index in [1.807, 2.05) is 19.2 Å². The van der Waals surface area contributed by atoms with Crippen LogP contribution < -0.4 is 15.1 Å². The second-order valence-electron chi connectivity index (χ2n) is 7.37. The number of nitrogens with one attached hydrogen (secondary N) is 1. The minimum absolute atomic E-state index is 0. The molecule has 0 aromatic heterocycles. The number of hydrogen-bond donors (Lipinski definition) is 1. The van der Waals surface area contributed by atoms with Crippen LogP contribution in [-0.2, 0) is 6.54 Å². The van der Waals surface area contributed by atoms with Crippen LogP contribution >= 0.6 is 24.0 Å². The molecule has 7 heteroatoms. The topological polar surface area (TPSA) is 34.1 Å². The molecule has 1 fully saturated rings. The Bertz CT molecular complexity index is 867. The lowest BCUT2D eigenvalue weighted by Gasteiger charge is -2.37. The maximum absolute atomic E-state index is 14.0. The number of halogens is 2. The summed E-state index contributed by atoms with van der Waals surface area (Å²) in [6.07, 6.45) is 4.40. The molecule has 4 rings (SSSR count).